The molecule has 168 valence electrons. The van der Waals surface area contributed by atoms with Crippen LogP contribution in [0.25, 0.3) is 0 Å². The smallest absolute Gasteiger partial charge is 0.418 e. The number of hydrogen-bond acceptors (Lipinski definition) is 4. The van der Waals surface area contributed by atoms with Gasteiger partial charge in [0, 0.05) is 25.3 Å². The monoisotopic (exact) mass is 444 g/mol. The summed E-state index contributed by atoms with van der Waals surface area (Å²) in [7, 11) is 4.71. The normalized spacial score (nSPS) is 11.1. The lowest BCUT2D eigenvalue weighted by atomic mass is 10.1. The van der Waals surface area contributed by atoms with E-state index in [4.69, 9.17) is 9.47 Å². The van der Waals surface area contributed by atoms with Crippen LogP contribution in [0.1, 0.15) is 21.5 Å². The van der Waals surface area contributed by atoms with E-state index in [9.17, 15) is 18.0 Å². The lowest BCUT2D eigenvalue weighted by Gasteiger charge is -2.19. The standard InChI is InChI=1S/C24H23F3N2O3/c1-29(2)18-10-11-20(19(14-18)24(25,26)27)28-23(30)17-9-12-21(22(13-17)31-3)32-15-16-7-5-4-6-8-16/h4-14H,15H2,1-3H3,(H,28,30). The van der Waals surface area contributed by atoms with E-state index in [0.29, 0.717) is 23.8 Å². The van der Waals surface area contributed by atoms with Gasteiger partial charge in [-0.2, -0.15) is 13.2 Å². The van der Waals surface area contributed by atoms with Gasteiger partial charge < -0.3 is 19.7 Å². The van der Waals surface area contributed by atoms with Crippen LogP contribution in [-0.2, 0) is 12.8 Å². The van der Waals surface area contributed by atoms with E-state index in [1.165, 1.54) is 31.4 Å². The van der Waals surface area contributed by atoms with Gasteiger partial charge >= 0.3 is 6.18 Å². The highest BCUT2D eigenvalue weighted by Crippen LogP contribution is 2.37. The second kappa shape index (κ2) is 9.64. The summed E-state index contributed by atoms with van der Waals surface area (Å²) in [5, 5.41) is 2.35. The van der Waals surface area contributed by atoms with Crippen LogP contribution in [0.2, 0.25) is 0 Å². The van der Waals surface area contributed by atoms with Crippen LogP contribution < -0.4 is 19.7 Å². The molecule has 0 bridgehead atoms. The molecule has 1 N–H and O–H groups in total. The number of ether oxygens (including phenoxy) is 2. The topological polar surface area (TPSA) is 50.8 Å². The Kier molecular flexibility index (Phi) is 6.92. The summed E-state index contributed by atoms with van der Waals surface area (Å²) in [6.07, 6.45) is -4.62. The first-order chi connectivity index (χ1) is 15.2. The number of nitrogens with one attached hydrogen (secondary N) is 1. The SMILES string of the molecule is COc1cc(C(=O)Nc2ccc(N(C)C)cc2C(F)(F)F)ccc1OCc1ccccc1. The van der Waals surface area contributed by atoms with E-state index in [2.05, 4.69) is 5.32 Å². The van der Waals surface area contributed by atoms with Gasteiger partial charge in [0.25, 0.3) is 5.91 Å². The molecule has 0 atom stereocenters. The van der Waals surface area contributed by atoms with Crippen molar-refractivity contribution in [1.82, 2.24) is 0 Å². The second-order valence-electron chi connectivity index (χ2n) is 7.22. The number of anilines is 2. The van der Waals surface area contributed by atoms with E-state index >= 15 is 0 Å². The zero-order valence-electron chi connectivity index (χ0n) is 17.9. The zero-order valence-corrected chi connectivity index (χ0v) is 17.9. The number of hydrogen-bond donors (Lipinski definition) is 1. The van der Waals surface area contributed by atoms with Crippen molar-refractivity contribution in [2.75, 3.05) is 31.4 Å². The molecule has 1 amide bonds. The molecule has 3 aromatic rings. The number of carbonyl (C=O) groups excluding carboxylic acids is 1. The van der Waals surface area contributed by atoms with Gasteiger partial charge in [-0.3, -0.25) is 4.79 Å². The van der Waals surface area contributed by atoms with Crippen molar-refractivity contribution in [3.05, 3.63) is 83.4 Å². The average molecular weight is 444 g/mol. The minimum absolute atomic E-state index is 0.138. The van der Waals surface area contributed by atoms with Crippen LogP contribution in [0.4, 0.5) is 24.5 Å². The molecule has 0 aliphatic carbocycles. The lowest BCUT2D eigenvalue weighted by molar-refractivity contribution is -0.136. The lowest BCUT2D eigenvalue weighted by Crippen LogP contribution is -2.18. The van der Waals surface area contributed by atoms with Crippen LogP contribution in [0.5, 0.6) is 11.5 Å². The zero-order chi connectivity index (χ0) is 23.3. The highest BCUT2D eigenvalue weighted by molar-refractivity contribution is 6.05. The molecular formula is C24H23F3N2O3. The molecule has 32 heavy (non-hydrogen) atoms. The number of halogens is 3. The molecule has 3 rings (SSSR count). The highest BCUT2D eigenvalue weighted by Gasteiger charge is 2.34. The summed E-state index contributed by atoms with van der Waals surface area (Å²) in [4.78, 5) is 14.2. The van der Waals surface area contributed by atoms with Crippen molar-refractivity contribution in [2.24, 2.45) is 0 Å². The molecule has 0 aliphatic rings. The minimum atomic E-state index is -4.62. The van der Waals surface area contributed by atoms with E-state index < -0.39 is 17.6 Å². The number of methoxy groups -OCH3 is 1. The number of benzene rings is 3. The van der Waals surface area contributed by atoms with Crippen LogP contribution in [0.3, 0.4) is 0 Å². The van der Waals surface area contributed by atoms with Crippen LogP contribution in [0, 0.1) is 0 Å². The van der Waals surface area contributed by atoms with Crippen LogP contribution >= 0.6 is 0 Å². The number of rotatable bonds is 7. The summed E-state index contributed by atoms with van der Waals surface area (Å²) >= 11 is 0. The van der Waals surface area contributed by atoms with Crippen molar-refractivity contribution in [3.63, 3.8) is 0 Å². The third-order valence-corrected chi connectivity index (χ3v) is 4.74. The van der Waals surface area contributed by atoms with Gasteiger partial charge in [0.05, 0.1) is 18.4 Å². The molecule has 0 unspecified atom stereocenters. The van der Waals surface area contributed by atoms with E-state index in [1.807, 2.05) is 30.3 Å². The molecular weight excluding hydrogens is 421 g/mol. The van der Waals surface area contributed by atoms with Crippen molar-refractivity contribution in [2.45, 2.75) is 12.8 Å². The van der Waals surface area contributed by atoms with Gasteiger partial charge in [-0.1, -0.05) is 30.3 Å². The fourth-order valence-corrected chi connectivity index (χ4v) is 3.01. The van der Waals surface area contributed by atoms with Gasteiger partial charge in [-0.15, -0.1) is 0 Å². The Hall–Kier alpha value is -3.68. The minimum Gasteiger partial charge on any atom is -0.493 e. The Bertz CT molecular complexity index is 1080. The van der Waals surface area contributed by atoms with E-state index in [0.717, 1.165) is 11.6 Å². The maximum absolute atomic E-state index is 13.5. The van der Waals surface area contributed by atoms with Gasteiger partial charge in [0.15, 0.2) is 11.5 Å². The summed E-state index contributed by atoms with van der Waals surface area (Å²) in [5.74, 6) is 0.0211. The predicted octanol–water partition coefficient (Wildman–Crippen LogP) is 5.61. The summed E-state index contributed by atoms with van der Waals surface area (Å²) in [6.45, 7) is 0.301. The molecule has 5 nitrogen and oxygen atoms in total. The van der Waals surface area contributed by atoms with Gasteiger partial charge in [0.1, 0.15) is 6.61 Å². The van der Waals surface area contributed by atoms with Crippen molar-refractivity contribution in [1.29, 1.82) is 0 Å². The Morgan fingerprint density at radius 2 is 1.69 bits per heavy atom. The van der Waals surface area contributed by atoms with E-state index in [-0.39, 0.29) is 11.3 Å². The predicted molar refractivity (Wildman–Crippen MR) is 117 cm³/mol. The fraction of sp³-hybridized carbons (Fsp3) is 0.208. The number of alkyl halides is 3. The van der Waals surface area contributed by atoms with Crippen LogP contribution in [0.15, 0.2) is 66.7 Å². The highest BCUT2D eigenvalue weighted by atomic mass is 19.4. The van der Waals surface area contributed by atoms with Gasteiger partial charge in [-0.05, 0) is 42.0 Å². The molecule has 0 saturated carbocycles. The second-order valence-corrected chi connectivity index (χ2v) is 7.22. The first-order valence-electron chi connectivity index (χ1n) is 9.73. The molecule has 0 aliphatic heterocycles. The molecule has 0 heterocycles. The molecule has 0 radical (unpaired) electrons. The maximum Gasteiger partial charge on any atom is 0.418 e. The number of amides is 1. The Morgan fingerprint density at radius 3 is 2.31 bits per heavy atom. The van der Waals surface area contributed by atoms with Gasteiger partial charge in [-0.25, -0.2) is 0 Å². The molecule has 0 saturated heterocycles. The third-order valence-electron chi connectivity index (χ3n) is 4.74. The molecule has 0 fully saturated rings. The van der Waals surface area contributed by atoms with Gasteiger partial charge in [0.2, 0.25) is 0 Å². The Balaban J connectivity index is 1.81. The molecule has 0 spiro atoms. The fourth-order valence-electron chi connectivity index (χ4n) is 3.01. The van der Waals surface area contributed by atoms with E-state index in [1.54, 1.807) is 25.1 Å². The first kappa shape index (κ1) is 23.0. The van der Waals surface area contributed by atoms with Crippen molar-refractivity contribution >= 4 is 17.3 Å². The quantitative estimate of drug-likeness (QED) is 0.515. The summed E-state index contributed by atoms with van der Waals surface area (Å²) in [6, 6.07) is 17.7. The Labute approximate surface area is 184 Å². The largest absolute Gasteiger partial charge is 0.493 e. The average Bonchev–Trinajstić information content (AvgIpc) is 2.77. The van der Waals surface area contributed by atoms with Crippen molar-refractivity contribution < 1.29 is 27.4 Å². The van der Waals surface area contributed by atoms with Crippen molar-refractivity contribution in [3.8, 4) is 11.5 Å². The summed E-state index contributed by atoms with van der Waals surface area (Å²) in [5.41, 5.74) is 0.219. The first-order valence-corrected chi connectivity index (χ1v) is 9.73. The third kappa shape index (κ3) is 5.51. The molecule has 8 heteroatoms. The van der Waals surface area contributed by atoms with Crippen LogP contribution in [-0.4, -0.2) is 27.1 Å². The Morgan fingerprint density at radius 1 is 0.969 bits per heavy atom. The molecule has 0 aromatic heterocycles. The maximum atomic E-state index is 13.5. The number of nitrogens with zero attached hydrogens (tertiary/aromatic N) is 1. The molecule has 3 aromatic carbocycles. The summed E-state index contributed by atoms with van der Waals surface area (Å²) < 4.78 is 51.7. The number of carbonyl (C=O) groups is 1.